The second kappa shape index (κ2) is 5.52. The van der Waals surface area contributed by atoms with Gasteiger partial charge in [-0.15, -0.1) is 0 Å². The lowest BCUT2D eigenvalue weighted by atomic mass is 10.2. The summed E-state index contributed by atoms with van der Waals surface area (Å²) in [5, 5.41) is 0. The summed E-state index contributed by atoms with van der Waals surface area (Å²) in [6.45, 7) is 3.96. The molecule has 2 aromatic rings. The SMILES string of the molecule is CCN(C(=O)c1cc(C(C)=O)c[nH]1)c1ccccc1. The van der Waals surface area contributed by atoms with Gasteiger partial charge in [0.05, 0.1) is 0 Å². The summed E-state index contributed by atoms with van der Waals surface area (Å²) >= 11 is 0. The van der Waals surface area contributed by atoms with Crippen molar-refractivity contribution in [1.82, 2.24) is 4.98 Å². The highest BCUT2D eigenvalue weighted by molar-refractivity contribution is 6.06. The number of carbonyl (C=O) groups excluding carboxylic acids is 2. The van der Waals surface area contributed by atoms with E-state index in [2.05, 4.69) is 4.98 Å². The van der Waals surface area contributed by atoms with Crippen molar-refractivity contribution in [3.05, 3.63) is 53.9 Å². The molecular formula is C15H16N2O2. The van der Waals surface area contributed by atoms with E-state index in [1.54, 1.807) is 17.2 Å². The molecule has 1 heterocycles. The third kappa shape index (κ3) is 2.73. The minimum atomic E-state index is -0.138. The number of aromatic nitrogens is 1. The molecule has 0 aliphatic heterocycles. The number of Topliss-reactive ketones (excluding diaryl/α,β-unsaturated/α-hetero) is 1. The van der Waals surface area contributed by atoms with Gasteiger partial charge in [0.1, 0.15) is 5.69 Å². The van der Waals surface area contributed by atoms with Gasteiger partial charge in [-0.05, 0) is 32.0 Å². The number of amides is 1. The Labute approximate surface area is 112 Å². The summed E-state index contributed by atoms with van der Waals surface area (Å²) in [5.41, 5.74) is 1.79. The molecule has 1 aromatic heterocycles. The van der Waals surface area contributed by atoms with Crippen LogP contribution in [0.5, 0.6) is 0 Å². The molecule has 0 fully saturated rings. The number of aromatic amines is 1. The van der Waals surface area contributed by atoms with Crippen LogP contribution in [0.25, 0.3) is 0 Å². The first-order chi connectivity index (χ1) is 9.13. The fraction of sp³-hybridized carbons (Fsp3) is 0.200. The van der Waals surface area contributed by atoms with E-state index in [4.69, 9.17) is 0 Å². The Morgan fingerprint density at radius 1 is 1.21 bits per heavy atom. The molecule has 2 rings (SSSR count). The number of hydrogen-bond donors (Lipinski definition) is 1. The van der Waals surface area contributed by atoms with Gasteiger partial charge in [0.2, 0.25) is 0 Å². The van der Waals surface area contributed by atoms with Crippen molar-refractivity contribution in [2.75, 3.05) is 11.4 Å². The molecule has 0 aliphatic rings. The zero-order chi connectivity index (χ0) is 13.8. The Balaban J connectivity index is 2.28. The second-order valence-corrected chi connectivity index (χ2v) is 4.24. The molecule has 0 unspecified atom stereocenters. The van der Waals surface area contributed by atoms with Gasteiger partial charge in [0, 0.05) is 24.0 Å². The van der Waals surface area contributed by atoms with Crippen LogP contribution < -0.4 is 4.90 Å². The highest BCUT2D eigenvalue weighted by Crippen LogP contribution is 2.16. The van der Waals surface area contributed by atoms with Gasteiger partial charge in [-0.3, -0.25) is 9.59 Å². The van der Waals surface area contributed by atoms with E-state index in [1.807, 2.05) is 37.3 Å². The van der Waals surface area contributed by atoms with Crippen molar-refractivity contribution in [1.29, 1.82) is 0 Å². The normalized spacial score (nSPS) is 10.2. The number of nitrogens with zero attached hydrogens (tertiary/aromatic N) is 1. The van der Waals surface area contributed by atoms with E-state index >= 15 is 0 Å². The molecule has 0 bridgehead atoms. The third-order valence-electron chi connectivity index (χ3n) is 2.95. The second-order valence-electron chi connectivity index (χ2n) is 4.24. The topological polar surface area (TPSA) is 53.2 Å². The molecule has 0 radical (unpaired) electrons. The smallest absolute Gasteiger partial charge is 0.274 e. The molecule has 0 spiro atoms. The maximum absolute atomic E-state index is 12.4. The first-order valence-corrected chi connectivity index (χ1v) is 6.19. The number of benzene rings is 1. The summed E-state index contributed by atoms with van der Waals surface area (Å²) in [6, 6.07) is 11.1. The maximum Gasteiger partial charge on any atom is 0.274 e. The largest absolute Gasteiger partial charge is 0.356 e. The minimum Gasteiger partial charge on any atom is -0.356 e. The van der Waals surface area contributed by atoms with E-state index < -0.39 is 0 Å². The van der Waals surface area contributed by atoms with Crippen LogP contribution in [0.3, 0.4) is 0 Å². The fourth-order valence-corrected chi connectivity index (χ4v) is 1.92. The lowest BCUT2D eigenvalue weighted by Crippen LogP contribution is -2.30. The van der Waals surface area contributed by atoms with Crippen molar-refractivity contribution in [3.63, 3.8) is 0 Å². The molecule has 19 heavy (non-hydrogen) atoms. The molecule has 4 nitrogen and oxygen atoms in total. The number of para-hydroxylation sites is 1. The van der Waals surface area contributed by atoms with Gasteiger partial charge in [-0.25, -0.2) is 0 Å². The van der Waals surface area contributed by atoms with Crippen LogP contribution >= 0.6 is 0 Å². The zero-order valence-electron chi connectivity index (χ0n) is 11.0. The van der Waals surface area contributed by atoms with E-state index in [1.165, 1.54) is 6.92 Å². The minimum absolute atomic E-state index is 0.0574. The van der Waals surface area contributed by atoms with Crippen LogP contribution in [0, 0.1) is 0 Å². The quantitative estimate of drug-likeness (QED) is 0.855. The lowest BCUT2D eigenvalue weighted by Gasteiger charge is -2.20. The predicted octanol–water partition coefficient (Wildman–Crippen LogP) is 2.88. The van der Waals surface area contributed by atoms with E-state index in [-0.39, 0.29) is 11.7 Å². The number of carbonyl (C=O) groups is 2. The zero-order valence-corrected chi connectivity index (χ0v) is 11.0. The number of anilines is 1. The molecule has 98 valence electrons. The average molecular weight is 256 g/mol. The van der Waals surface area contributed by atoms with Crippen LogP contribution in [-0.2, 0) is 0 Å². The molecule has 1 N–H and O–H groups in total. The first-order valence-electron chi connectivity index (χ1n) is 6.19. The van der Waals surface area contributed by atoms with E-state index in [0.29, 0.717) is 17.8 Å². The van der Waals surface area contributed by atoms with Crippen LogP contribution in [0.15, 0.2) is 42.6 Å². The highest BCUT2D eigenvalue weighted by Gasteiger charge is 2.18. The Hall–Kier alpha value is -2.36. The van der Waals surface area contributed by atoms with Crippen LogP contribution in [0.2, 0.25) is 0 Å². The molecule has 0 saturated heterocycles. The predicted molar refractivity (Wildman–Crippen MR) is 74.6 cm³/mol. The molecule has 0 atom stereocenters. The number of ketones is 1. The molecule has 4 heteroatoms. The Morgan fingerprint density at radius 3 is 2.42 bits per heavy atom. The molecule has 1 aromatic carbocycles. The van der Waals surface area contributed by atoms with Crippen molar-refractivity contribution >= 4 is 17.4 Å². The molecular weight excluding hydrogens is 240 g/mol. The summed E-state index contributed by atoms with van der Waals surface area (Å²) in [7, 11) is 0. The Kier molecular flexibility index (Phi) is 3.80. The standard InChI is InChI=1S/C15H16N2O2/c1-3-17(13-7-5-4-6-8-13)15(19)14-9-12(10-16-14)11(2)18/h4-10,16H,3H2,1-2H3. The summed E-state index contributed by atoms with van der Waals surface area (Å²) in [4.78, 5) is 28.2. The molecule has 1 amide bonds. The molecule has 0 saturated carbocycles. The van der Waals surface area contributed by atoms with Crippen molar-refractivity contribution < 1.29 is 9.59 Å². The number of H-pyrrole nitrogens is 1. The molecule has 0 aliphatic carbocycles. The number of nitrogens with one attached hydrogen (secondary N) is 1. The van der Waals surface area contributed by atoms with Gasteiger partial charge in [-0.1, -0.05) is 18.2 Å². The Bertz CT molecular complexity index is 587. The van der Waals surface area contributed by atoms with Crippen molar-refractivity contribution in [2.45, 2.75) is 13.8 Å². The monoisotopic (exact) mass is 256 g/mol. The lowest BCUT2D eigenvalue weighted by molar-refractivity contribution is 0.0983. The Morgan fingerprint density at radius 2 is 1.89 bits per heavy atom. The van der Waals surface area contributed by atoms with Crippen molar-refractivity contribution in [3.8, 4) is 0 Å². The van der Waals surface area contributed by atoms with Crippen LogP contribution in [0.4, 0.5) is 5.69 Å². The summed E-state index contributed by atoms with van der Waals surface area (Å²) in [5.74, 6) is -0.195. The van der Waals surface area contributed by atoms with Crippen LogP contribution in [0.1, 0.15) is 34.7 Å². The van der Waals surface area contributed by atoms with Crippen LogP contribution in [-0.4, -0.2) is 23.2 Å². The van der Waals surface area contributed by atoms with Gasteiger partial charge in [0.15, 0.2) is 5.78 Å². The van der Waals surface area contributed by atoms with Gasteiger partial charge in [-0.2, -0.15) is 0 Å². The van der Waals surface area contributed by atoms with Gasteiger partial charge >= 0.3 is 0 Å². The van der Waals surface area contributed by atoms with Crippen molar-refractivity contribution in [2.24, 2.45) is 0 Å². The number of hydrogen-bond acceptors (Lipinski definition) is 2. The van der Waals surface area contributed by atoms with E-state index in [0.717, 1.165) is 5.69 Å². The average Bonchev–Trinajstić information content (AvgIpc) is 2.90. The summed E-state index contributed by atoms with van der Waals surface area (Å²) in [6.07, 6.45) is 1.56. The van der Waals surface area contributed by atoms with E-state index in [9.17, 15) is 9.59 Å². The highest BCUT2D eigenvalue weighted by atomic mass is 16.2. The summed E-state index contributed by atoms with van der Waals surface area (Å²) < 4.78 is 0. The number of rotatable bonds is 4. The van der Waals surface area contributed by atoms with Gasteiger partial charge in [0.25, 0.3) is 5.91 Å². The third-order valence-corrected chi connectivity index (χ3v) is 2.95. The van der Waals surface area contributed by atoms with Gasteiger partial charge < -0.3 is 9.88 Å². The first kappa shape index (κ1) is 13.1. The fourth-order valence-electron chi connectivity index (χ4n) is 1.92. The maximum atomic E-state index is 12.4.